The predicted molar refractivity (Wildman–Crippen MR) is 138 cm³/mol. The number of carbonyl (C=O) groups is 1. The molecule has 176 valence electrons. The molecule has 6 rings (SSSR count). The smallest absolute Gasteiger partial charge is 0.248 e. The number of benzene rings is 3. The summed E-state index contributed by atoms with van der Waals surface area (Å²) in [5, 5.41) is 18.4. The second-order valence-corrected chi connectivity index (χ2v) is 9.23. The second kappa shape index (κ2) is 7.85. The van der Waals surface area contributed by atoms with Gasteiger partial charge in [-0.25, -0.2) is 4.68 Å². The number of carbonyl (C=O) groups excluding carboxylic acids is 1. The number of hydrogen-bond acceptors (Lipinski definition) is 5. The number of amides is 1. The fourth-order valence-corrected chi connectivity index (χ4v) is 5.48. The van der Waals surface area contributed by atoms with Gasteiger partial charge >= 0.3 is 0 Å². The third-order valence-corrected chi connectivity index (χ3v) is 7.07. The van der Waals surface area contributed by atoms with Crippen LogP contribution in [0.4, 0.5) is 11.5 Å². The molecule has 3 heterocycles. The maximum Gasteiger partial charge on any atom is 0.248 e. The van der Waals surface area contributed by atoms with Gasteiger partial charge in [-0.05, 0) is 37.6 Å². The van der Waals surface area contributed by atoms with Crippen LogP contribution in [-0.4, -0.2) is 15.7 Å². The molecule has 1 unspecified atom stereocenters. The van der Waals surface area contributed by atoms with Crippen LogP contribution in [-0.2, 0) is 16.8 Å². The largest absolute Gasteiger partial charge is 0.384 e. The maximum atomic E-state index is 14.6. The summed E-state index contributed by atoms with van der Waals surface area (Å²) >= 11 is 0. The van der Waals surface area contributed by atoms with Crippen molar-refractivity contribution < 1.29 is 4.79 Å². The van der Waals surface area contributed by atoms with Gasteiger partial charge in [-0.15, -0.1) is 0 Å². The van der Waals surface area contributed by atoms with Crippen LogP contribution in [0.3, 0.4) is 0 Å². The number of nitrogens with zero attached hydrogens (tertiary/aromatic N) is 4. The summed E-state index contributed by atoms with van der Waals surface area (Å²) in [5.74, 6) is 0.543. The third kappa shape index (κ3) is 2.85. The normalized spacial score (nSPS) is 18.1. The van der Waals surface area contributed by atoms with Crippen molar-refractivity contribution in [2.75, 3.05) is 10.2 Å². The summed E-state index contributed by atoms with van der Waals surface area (Å²) in [6.45, 7) is 4.28. The van der Waals surface area contributed by atoms with Crippen LogP contribution in [0, 0.1) is 25.2 Å². The molecule has 1 amide bonds. The van der Waals surface area contributed by atoms with Crippen molar-refractivity contribution in [2.24, 2.45) is 5.73 Å². The number of nitriles is 1. The maximum absolute atomic E-state index is 14.6. The Morgan fingerprint density at radius 2 is 1.69 bits per heavy atom. The van der Waals surface area contributed by atoms with Gasteiger partial charge in [-0.1, -0.05) is 66.2 Å². The van der Waals surface area contributed by atoms with Crippen molar-refractivity contribution in [3.8, 4) is 11.8 Å². The van der Waals surface area contributed by atoms with E-state index in [2.05, 4.69) is 11.4 Å². The van der Waals surface area contributed by atoms with Crippen LogP contribution in [0.15, 0.2) is 90.3 Å². The molecule has 0 fully saturated rings. The fourth-order valence-electron chi connectivity index (χ4n) is 5.48. The van der Waals surface area contributed by atoms with Gasteiger partial charge in [0.1, 0.15) is 23.1 Å². The van der Waals surface area contributed by atoms with E-state index in [1.54, 1.807) is 9.58 Å². The number of aromatic nitrogens is 2. The number of aryl methyl sites for hydroxylation is 2. The minimum absolute atomic E-state index is 0.156. The number of anilines is 2. The van der Waals surface area contributed by atoms with Crippen molar-refractivity contribution in [3.05, 3.63) is 118 Å². The van der Waals surface area contributed by atoms with Gasteiger partial charge in [0.15, 0.2) is 0 Å². The van der Waals surface area contributed by atoms with E-state index in [9.17, 15) is 10.1 Å². The molecule has 1 spiro atoms. The van der Waals surface area contributed by atoms with Gasteiger partial charge in [0.05, 0.1) is 23.5 Å². The first-order chi connectivity index (χ1) is 17.5. The van der Waals surface area contributed by atoms with Crippen molar-refractivity contribution in [1.29, 1.82) is 5.26 Å². The lowest BCUT2D eigenvalue weighted by Gasteiger charge is -2.34. The van der Waals surface area contributed by atoms with E-state index in [0.717, 1.165) is 28.1 Å². The predicted octanol–water partition coefficient (Wildman–Crippen LogP) is 4.44. The van der Waals surface area contributed by atoms with Crippen LogP contribution in [0.1, 0.15) is 27.9 Å². The standard InChI is InChI=1S/C29H24N6O/c1-18-12-14-21(15-13-18)35-27-25(19(2)33-35)29(23(16-30)26(31)32-27)22-10-6-7-11-24(22)34(28(29)36)17-20-8-4-3-5-9-20/h3-15,32H,17,31H2,1-2H3. The summed E-state index contributed by atoms with van der Waals surface area (Å²) in [6.07, 6.45) is 0. The summed E-state index contributed by atoms with van der Waals surface area (Å²) in [4.78, 5) is 16.3. The van der Waals surface area contributed by atoms with E-state index in [1.165, 1.54) is 0 Å². The molecule has 0 saturated carbocycles. The van der Waals surface area contributed by atoms with Crippen LogP contribution in [0.2, 0.25) is 0 Å². The second-order valence-electron chi connectivity index (χ2n) is 9.23. The molecule has 4 aromatic rings. The van der Waals surface area contributed by atoms with Gasteiger partial charge in [0.25, 0.3) is 0 Å². The van der Waals surface area contributed by atoms with Crippen LogP contribution < -0.4 is 16.0 Å². The Bertz CT molecular complexity index is 1590. The molecule has 1 atom stereocenters. The van der Waals surface area contributed by atoms with Gasteiger partial charge in [0, 0.05) is 16.8 Å². The molecule has 0 radical (unpaired) electrons. The molecule has 7 heteroatoms. The SMILES string of the molecule is Cc1ccc(-n2nc(C)c3c2NC(N)=C(C#N)C32C(=O)N(Cc3ccccc3)c3ccccc32)cc1. The number of hydrogen-bond donors (Lipinski definition) is 2. The number of nitrogens with one attached hydrogen (secondary N) is 1. The van der Waals surface area contributed by atoms with Gasteiger partial charge < -0.3 is 16.0 Å². The first-order valence-electron chi connectivity index (χ1n) is 11.8. The molecular formula is C29H24N6O. The minimum Gasteiger partial charge on any atom is -0.384 e. The first-order valence-corrected chi connectivity index (χ1v) is 11.8. The monoisotopic (exact) mass is 472 g/mol. The Kier molecular flexibility index (Phi) is 4.73. The highest BCUT2D eigenvalue weighted by molar-refractivity contribution is 6.15. The zero-order chi connectivity index (χ0) is 25.0. The summed E-state index contributed by atoms with van der Waals surface area (Å²) < 4.78 is 1.77. The number of fused-ring (bicyclic) bond motifs is 4. The van der Waals surface area contributed by atoms with E-state index in [1.807, 2.05) is 92.7 Å². The summed E-state index contributed by atoms with van der Waals surface area (Å²) in [7, 11) is 0. The van der Waals surface area contributed by atoms with Crippen LogP contribution in [0.25, 0.3) is 5.69 Å². The van der Waals surface area contributed by atoms with Crippen molar-refractivity contribution in [3.63, 3.8) is 0 Å². The van der Waals surface area contributed by atoms with E-state index >= 15 is 0 Å². The molecule has 3 aromatic carbocycles. The molecule has 0 bridgehead atoms. The van der Waals surface area contributed by atoms with E-state index in [4.69, 9.17) is 10.8 Å². The van der Waals surface area contributed by atoms with Crippen molar-refractivity contribution in [2.45, 2.75) is 25.8 Å². The van der Waals surface area contributed by atoms with E-state index in [0.29, 0.717) is 23.6 Å². The lowest BCUT2D eigenvalue weighted by Crippen LogP contribution is -2.46. The summed E-state index contributed by atoms with van der Waals surface area (Å²) in [5.41, 5.74) is 11.1. The molecule has 7 nitrogen and oxygen atoms in total. The Morgan fingerprint density at radius 1 is 1.00 bits per heavy atom. The zero-order valence-corrected chi connectivity index (χ0v) is 20.0. The molecule has 2 aliphatic heterocycles. The Morgan fingerprint density at radius 3 is 2.42 bits per heavy atom. The molecule has 3 N–H and O–H groups in total. The molecule has 2 aliphatic rings. The number of rotatable bonds is 3. The van der Waals surface area contributed by atoms with Gasteiger partial charge in [-0.3, -0.25) is 4.79 Å². The van der Waals surface area contributed by atoms with Crippen LogP contribution >= 0.6 is 0 Å². The minimum atomic E-state index is -1.39. The summed E-state index contributed by atoms with van der Waals surface area (Å²) in [6, 6.07) is 27.7. The Labute approximate surface area is 209 Å². The van der Waals surface area contributed by atoms with E-state index < -0.39 is 5.41 Å². The Balaban J connectivity index is 1.63. The first kappa shape index (κ1) is 21.7. The molecule has 0 saturated heterocycles. The van der Waals surface area contributed by atoms with Gasteiger partial charge in [-0.2, -0.15) is 10.4 Å². The highest BCUT2D eigenvalue weighted by Crippen LogP contribution is 2.55. The van der Waals surface area contributed by atoms with Crippen molar-refractivity contribution in [1.82, 2.24) is 9.78 Å². The van der Waals surface area contributed by atoms with E-state index in [-0.39, 0.29) is 17.3 Å². The lowest BCUT2D eigenvalue weighted by molar-refractivity contribution is -0.120. The number of para-hydroxylation sites is 1. The van der Waals surface area contributed by atoms with Gasteiger partial charge in [0.2, 0.25) is 5.91 Å². The highest BCUT2D eigenvalue weighted by atomic mass is 16.2. The lowest BCUT2D eigenvalue weighted by atomic mass is 9.68. The van der Waals surface area contributed by atoms with Crippen LogP contribution in [0.5, 0.6) is 0 Å². The highest BCUT2D eigenvalue weighted by Gasteiger charge is 2.60. The zero-order valence-electron chi connectivity index (χ0n) is 20.0. The molecular weight excluding hydrogens is 448 g/mol. The quantitative estimate of drug-likeness (QED) is 0.459. The average Bonchev–Trinajstić information content (AvgIpc) is 3.33. The average molecular weight is 473 g/mol. The fraction of sp³-hybridized carbons (Fsp3) is 0.138. The molecule has 1 aromatic heterocycles. The van der Waals surface area contributed by atoms with Crippen molar-refractivity contribution >= 4 is 17.4 Å². The Hall–Kier alpha value is -4.83. The number of nitrogens with two attached hydrogens (primary N) is 1. The molecule has 0 aliphatic carbocycles. The molecule has 36 heavy (non-hydrogen) atoms. The topological polar surface area (TPSA) is 100.0 Å². The third-order valence-electron chi connectivity index (χ3n) is 7.07.